The smallest absolute Gasteiger partial charge is 0.449 e. The molecule has 0 aromatic heterocycles. The van der Waals surface area contributed by atoms with Crippen molar-refractivity contribution in [3.05, 3.63) is 0 Å². The normalized spacial score (nSPS) is 15.3. The molecule has 0 aliphatic heterocycles. The van der Waals surface area contributed by atoms with Gasteiger partial charge < -0.3 is 11.4 Å². The van der Waals surface area contributed by atoms with E-state index in [1.165, 1.54) is 57.8 Å². The average Bonchev–Trinajstić information content (AvgIpc) is 2.99. The Hall–Kier alpha value is 0.412. The minimum absolute atomic E-state index is 0.169. The van der Waals surface area contributed by atoms with Gasteiger partial charge in [0.1, 0.15) is 0 Å². The summed E-state index contributed by atoms with van der Waals surface area (Å²) in [7, 11) is 0. The molecular weight excluding hydrogens is 507 g/mol. The summed E-state index contributed by atoms with van der Waals surface area (Å²) in [5.74, 6) is 1.64. The molecule has 0 amide bonds. The molecule has 0 aliphatic rings. The minimum atomic E-state index is -2.53. The van der Waals surface area contributed by atoms with E-state index in [-0.39, 0.29) is 16.8 Å². The summed E-state index contributed by atoms with van der Waals surface area (Å²) in [6.45, 7) is 28.1. The monoisotopic (exact) mass is 583 g/mol. The molecule has 0 aromatic rings. The largest absolute Gasteiger partial charge is 0.906 e. The van der Waals surface area contributed by atoms with Crippen molar-refractivity contribution in [1.29, 1.82) is 0 Å². The van der Waals surface area contributed by atoms with E-state index in [1.807, 2.05) is 0 Å². The summed E-state index contributed by atoms with van der Waals surface area (Å²) in [5, 5.41) is 0. The third kappa shape index (κ3) is 11.2. The van der Waals surface area contributed by atoms with Crippen molar-refractivity contribution in [3.63, 3.8) is 0 Å². The molecule has 0 aromatic carbocycles. The van der Waals surface area contributed by atoms with Crippen LogP contribution >= 0.6 is 0 Å². The highest BCUT2D eigenvalue weighted by atomic mass is 27.3. The molecule has 0 spiro atoms. The zero-order valence-electron chi connectivity index (χ0n) is 29.8. The van der Waals surface area contributed by atoms with E-state index in [9.17, 15) is 0 Å². The second-order valence-electron chi connectivity index (χ2n) is 12.7. The van der Waals surface area contributed by atoms with Gasteiger partial charge in [-0.3, -0.25) is 0 Å². The molecule has 0 aliphatic carbocycles. The van der Waals surface area contributed by atoms with Gasteiger partial charge in [-0.25, -0.2) is 0 Å². The van der Waals surface area contributed by atoms with Gasteiger partial charge in [0, 0.05) is 16.8 Å². The molecule has 0 radical (unpaired) electrons. The third-order valence-corrected chi connectivity index (χ3v) is 13.0. The molecule has 3 unspecified atom stereocenters. The predicted molar refractivity (Wildman–Crippen MR) is 179 cm³/mol. The maximum absolute atomic E-state index is 7.50. The van der Waals surface area contributed by atoms with Gasteiger partial charge in [0.25, 0.3) is 0 Å². The van der Waals surface area contributed by atoms with Crippen molar-refractivity contribution in [1.82, 2.24) is 0 Å². The van der Waals surface area contributed by atoms with Gasteiger partial charge in [-0.1, -0.05) is 141 Å². The topological polar surface area (TPSA) is 27.7 Å². The van der Waals surface area contributed by atoms with Gasteiger partial charge in [0.2, 0.25) is 0 Å². The average molecular weight is 583 g/mol. The van der Waals surface area contributed by atoms with Crippen LogP contribution in [0.3, 0.4) is 0 Å². The van der Waals surface area contributed by atoms with Crippen molar-refractivity contribution < 1.29 is 11.4 Å². The van der Waals surface area contributed by atoms with Crippen molar-refractivity contribution in [2.45, 2.75) is 215 Å². The molecule has 40 heavy (non-hydrogen) atoms. The Kier molecular flexibility index (Phi) is 22.2. The van der Waals surface area contributed by atoms with Crippen molar-refractivity contribution in [2.24, 2.45) is 17.8 Å². The Balaban J connectivity index is 6.85. The Morgan fingerprint density at radius 1 is 0.400 bits per heavy atom. The molecule has 3 atom stereocenters. The van der Waals surface area contributed by atoms with Gasteiger partial charge in [0.15, 0.2) is 0 Å². The van der Waals surface area contributed by atoms with Crippen LogP contribution < -0.4 is 0 Å². The van der Waals surface area contributed by atoms with Crippen LogP contribution in [0.1, 0.15) is 199 Å². The Bertz CT molecular complexity index is 502. The number of rotatable bonds is 27. The molecule has 0 heterocycles. The zero-order valence-corrected chi connectivity index (χ0v) is 30.9. The molecule has 0 saturated carbocycles. The summed E-state index contributed by atoms with van der Waals surface area (Å²) in [6, 6.07) is 0. The fraction of sp³-hybridized carbons (Fsp3) is 1.00. The lowest BCUT2D eigenvalue weighted by molar-refractivity contribution is -0.140. The van der Waals surface area contributed by atoms with Gasteiger partial charge >= 0.3 is 15.1 Å². The first kappa shape index (κ1) is 40.4. The van der Waals surface area contributed by atoms with Crippen LogP contribution in [0.25, 0.3) is 0 Å². The molecule has 0 rings (SSSR count). The summed E-state index contributed by atoms with van der Waals surface area (Å²) in [6.07, 6.45) is 20.8. The first-order valence-electron chi connectivity index (χ1n) is 18.2. The van der Waals surface area contributed by atoms with E-state index in [2.05, 4.69) is 83.1 Å². The van der Waals surface area contributed by atoms with Crippen LogP contribution in [0.15, 0.2) is 0 Å². The fourth-order valence-corrected chi connectivity index (χ4v) is 10.7. The molecule has 0 saturated heterocycles. The van der Waals surface area contributed by atoms with Gasteiger partial charge in [0.05, 0.1) is 0 Å². The Labute approximate surface area is 259 Å². The predicted octanol–water partition coefficient (Wildman–Crippen LogP) is 12.3. The lowest BCUT2D eigenvalue weighted by atomic mass is 9.78. The van der Waals surface area contributed by atoms with E-state index in [0.29, 0.717) is 17.8 Å². The number of hydrogen-bond donors (Lipinski definition) is 0. The van der Waals surface area contributed by atoms with E-state index in [0.717, 1.165) is 57.8 Å². The van der Waals surface area contributed by atoms with Gasteiger partial charge in [-0.2, -0.15) is 0 Å². The van der Waals surface area contributed by atoms with Crippen molar-refractivity contribution >= 4 is 15.1 Å². The Morgan fingerprint density at radius 2 is 0.625 bits per heavy atom. The minimum Gasteiger partial charge on any atom is -0.449 e. The first-order valence-corrected chi connectivity index (χ1v) is 19.7. The molecule has 0 bridgehead atoms. The maximum atomic E-state index is 7.50. The van der Waals surface area contributed by atoms with Gasteiger partial charge in [-0.15, -0.1) is 0 Å². The molecular formula is C36H75AlO3. The standard InChI is InChI=1S/3C12H25O.Al/c3*1-5-9-10-11(6-2)12(13,7-3)8-4;/h3*11H,5-10H2,1-4H3;/q3*-1;+3. The molecule has 3 nitrogen and oxygen atoms in total. The summed E-state index contributed by atoms with van der Waals surface area (Å²) >= 11 is -2.53. The van der Waals surface area contributed by atoms with Crippen LogP contribution in [0.5, 0.6) is 0 Å². The van der Waals surface area contributed by atoms with Crippen LogP contribution in [0.2, 0.25) is 0 Å². The highest BCUT2D eigenvalue weighted by molar-refractivity contribution is 6.37. The first-order chi connectivity index (χ1) is 19.2. The highest BCUT2D eigenvalue weighted by Gasteiger charge is 2.53. The van der Waals surface area contributed by atoms with Crippen LogP contribution in [0, 0.1) is 17.8 Å². The molecule has 240 valence electrons. The third-order valence-electron chi connectivity index (χ3n) is 11.0. The van der Waals surface area contributed by atoms with E-state index in [1.54, 1.807) is 0 Å². The SMILES string of the molecule is CCCCC(CC)C(CC)(CC)[O][Al]([O]C(CC)(CC)C(CC)CCCC)[O]C(CC)(CC)C(CC)CCCC. The van der Waals surface area contributed by atoms with Crippen LogP contribution in [0.4, 0.5) is 0 Å². The Morgan fingerprint density at radius 3 is 0.775 bits per heavy atom. The van der Waals surface area contributed by atoms with E-state index >= 15 is 0 Å². The molecule has 0 N–H and O–H groups in total. The van der Waals surface area contributed by atoms with Crippen LogP contribution in [-0.2, 0) is 11.4 Å². The fourth-order valence-electron chi connectivity index (χ4n) is 7.79. The lowest BCUT2D eigenvalue weighted by Gasteiger charge is -2.49. The summed E-state index contributed by atoms with van der Waals surface area (Å²) in [5.41, 5.74) is -0.507. The second kappa shape index (κ2) is 22.0. The number of hydrogen-bond acceptors (Lipinski definition) is 3. The van der Waals surface area contributed by atoms with Crippen LogP contribution in [-0.4, -0.2) is 32.0 Å². The van der Waals surface area contributed by atoms with E-state index in [4.69, 9.17) is 11.4 Å². The highest BCUT2D eigenvalue weighted by Crippen LogP contribution is 2.43. The van der Waals surface area contributed by atoms with E-state index < -0.39 is 15.1 Å². The lowest BCUT2D eigenvalue weighted by Crippen LogP contribution is -2.56. The van der Waals surface area contributed by atoms with Crippen molar-refractivity contribution in [3.8, 4) is 0 Å². The quantitative estimate of drug-likeness (QED) is 0.0901. The number of unbranched alkanes of at least 4 members (excludes halogenated alkanes) is 3. The van der Waals surface area contributed by atoms with Crippen molar-refractivity contribution in [2.75, 3.05) is 0 Å². The maximum Gasteiger partial charge on any atom is 0.906 e. The summed E-state index contributed by atoms with van der Waals surface area (Å²) in [4.78, 5) is 0. The summed E-state index contributed by atoms with van der Waals surface area (Å²) < 4.78 is 22.5. The molecule has 0 fully saturated rings. The second-order valence-corrected chi connectivity index (χ2v) is 14.0. The van der Waals surface area contributed by atoms with Gasteiger partial charge in [-0.05, 0) is 75.5 Å². The molecule has 4 heteroatoms. The zero-order chi connectivity index (χ0) is 30.7.